The van der Waals surface area contributed by atoms with Crippen LogP contribution in [0.2, 0.25) is 0 Å². The summed E-state index contributed by atoms with van der Waals surface area (Å²) in [5.41, 5.74) is 10.1. The van der Waals surface area contributed by atoms with E-state index in [9.17, 15) is 4.79 Å². The minimum atomic E-state index is -0.304. The van der Waals surface area contributed by atoms with Crippen molar-refractivity contribution in [3.05, 3.63) is 28.8 Å². The molecular formula is C13H16N2O. The van der Waals surface area contributed by atoms with Crippen LogP contribution < -0.4 is 10.6 Å². The summed E-state index contributed by atoms with van der Waals surface area (Å²) in [6.07, 6.45) is 4.54. The lowest BCUT2D eigenvalue weighted by Crippen LogP contribution is -2.34. The average molecular weight is 216 g/mol. The largest absolute Gasteiger partial charge is 0.371 e. The summed E-state index contributed by atoms with van der Waals surface area (Å²) in [6, 6.07) is 3.97. The highest BCUT2D eigenvalue weighted by molar-refractivity contribution is 5.94. The van der Waals surface area contributed by atoms with Gasteiger partial charge in [-0.3, -0.25) is 4.79 Å². The molecule has 2 aliphatic heterocycles. The van der Waals surface area contributed by atoms with Gasteiger partial charge in [-0.25, -0.2) is 0 Å². The monoisotopic (exact) mass is 216 g/mol. The fraction of sp³-hybridized carbons (Fsp3) is 0.462. The van der Waals surface area contributed by atoms with Gasteiger partial charge in [-0.05, 0) is 48.9 Å². The van der Waals surface area contributed by atoms with E-state index in [1.165, 1.54) is 29.7 Å². The van der Waals surface area contributed by atoms with Crippen LogP contribution in [0.15, 0.2) is 12.1 Å². The average Bonchev–Trinajstić information content (AvgIpc) is 2.29. The highest BCUT2D eigenvalue weighted by Crippen LogP contribution is 2.35. The summed E-state index contributed by atoms with van der Waals surface area (Å²) < 4.78 is 0. The maximum Gasteiger partial charge on any atom is 0.248 e. The van der Waals surface area contributed by atoms with Crippen LogP contribution in [-0.4, -0.2) is 19.0 Å². The van der Waals surface area contributed by atoms with Crippen LogP contribution in [0.1, 0.15) is 34.3 Å². The summed E-state index contributed by atoms with van der Waals surface area (Å²) in [6.45, 7) is 2.33. The molecule has 0 aliphatic carbocycles. The van der Waals surface area contributed by atoms with Gasteiger partial charge in [0.2, 0.25) is 5.91 Å². The molecule has 1 aromatic rings. The molecule has 1 amide bonds. The molecule has 0 bridgehead atoms. The van der Waals surface area contributed by atoms with E-state index in [0.29, 0.717) is 5.56 Å². The number of anilines is 1. The summed E-state index contributed by atoms with van der Waals surface area (Å²) in [7, 11) is 0. The second-order valence-electron chi connectivity index (χ2n) is 4.70. The number of nitrogens with zero attached hydrogens (tertiary/aromatic N) is 1. The highest BCUT2D eigenvalue weighted by atomic mass is 16.1. The molecule has 0 aromatic heterocycles. The highest BCUT2D eigenvalue weighted by Gasteiger charge is 2.24. The van der Waals surface area contributed by atoms with Gasteiger partial charge in [-0.2, -0.15) is 0 Å². The lowest BCUT2D eigenvalue weighted by atomic mass is 9.90. The van der Waals surface area contributed by atoms with Crippen molar-refractivity contribution in [1.29, 1.82) is 0 Å². The predicted octanol–water partition coefficient (Wildman–Crippen LogP) is 1.48. The number of hydrogen-bond donors (Lipinski definition) is 1. The number of primary amides is 1. The second kappa shape index (κ2) is 3.51. The lowest BCUT2D eigenvalue weighted by molar-refractivity contribution is 0.1000. The van der Waals surface area contributed by atoms with E-state index >= 15 is 0 Å². The Labute approximate surface area is 95.2 Å². The first-order valence-corrected chi connectivity index (χ1v) is 5.96. The topological polar surface area (TPSA) is 46.3 Å². The van der Waals surface area contributed by atoms with Crippen molar-refractivity contribution in [3.63, 3.8) is 0 Å². The molecule has 0 unspecified atom stereocenters. The van der Waals surface area contributed by atoms with Gasteiger partial charge in [0.1, 0.15) is 0 Å². The standard InChI is InChI=1S/C13H16N2O/c14-13(16)11-7-9-3-1-5-15-6-2-4-10(8-11)12(9)15/h7-8H,1-6H2,(H2,14,16). The van der Waals surface area contributed by atoms with E-state index < -0.39 is 0 Å². The van der Waals surface area contributed by atoms with Crippen molar-refractivity contribution in [1.82, 2.24) is 0 Å². The van der Waals surface area contributed by atoms with Crippen LogP contribution >= 0.6 is 0 Å². The van der Waals surface area contributed by atoms with E-state index in [2.05, 4.69) is 4.90 Å². The normalized spacial score (nSPS) is 18.1. The van der Waals surface area contributed by atoms with Gasteiger partial charge in [0, 0.05) is 24.3 Å². The number of hydrogen-bond acceptors (Lipinski definition) is 2. The molecule has 0 saturated heterocycles. The van der Waals surface area contributed by atoms with Gasteiger partial charge >= 0.3 is 0 Å². The zero-order valence-electron chi connectivity index (χ0n) is 9.33. The molecule has 3 heteroatoms. The van der Waals surface area contributed by atoms with Gasteiger partial charge in [-0.1, -0.05) is 0 Å². The summed E-state index contributed by atoms with van der Waals surface area (Å²) >= 11 is 0. The lowest BCUT2D eigenvalue weighted by Gasteiger charge is -2.37. The van der Waals surface area contributed by atoms with Crippen molar-refractivity contribution in [2.75, 3.05) is 18.0 Å². The van der Waals surface area contributed by atoms with Crippen molar-refractivity contribution in [3.8, 4) is 0 Å². The minimum absolute atomic E-state index is 0.304. The van der Waals surface area contributed by atoms with E-state index in [1.807, 2.05) is 12.1 Å². The first-order valence-electron chi connectivity index (χ1n) is 5.96. The summed E-state index contributed by atoms with van der Waals surface area (Å²) in [4.78, 5) is 13.7. The quantitative estimate of drug-likeness (QED) is 0.773. The van der Waals surface area contributed by atoms with Crippen LogP contribution in [0.3, 0.4) is 0 Å². The molecule has 0 spiro atoms. The van der Waals surface area contributed by atoms with E-state index in [4.69, 9.17) is 5.73 Å². The van der Waals surface area contributed by atoms with Crippen LogP contribution in [-0.2, 0) is 12.8 Å². The molecular weight excluding hydrogens is 200 g/mol. The molecule has 1 aromatic carbocycles. The summed E-state index contributed by atoms with van der Waals surface area (Å²) in [5, 5.41) is 0. The van der Waals surface area contributed by atoms with Crippen LogP contribution in [0.5, 0.6) is 0 Å². The Kier molecular flexibility index (Phi) is 2.13. The first kappa shape index (κ1) is 9.70. The number of aryl methyl sites for hydroxylation is 2. The van der Waals surface area contributed by atoms with Crippen molar-refractivity contribution in [2.45, 2.75) is 25.7 Å². The zero-order chi connectivity index (χ0) is 11.1. The van der Waals surface area contributed by atoms with Gasteiger partial charge in [-0.15, -0.1) is 0 Å². The molecule has 3 rings (SSSR count). The third kappa shape index (κ3) is 1.39. The van der Waals surface area contributed by atoms with Crippen LogP contribution in [0.25, 0.3) is 0 Å². The molecule has 84 valence electrons. The second-order valence-corrected chi connectivity index (χ2v) is 4.70. The number of rotatable bonds is 1. The Morgan fingerprint density at radius 1 is 1.12 bits per heavy atom. The first-order chi connectivity index (χ1) is 7.75. The Hall–Kier alpha value is -1.51. The molecule has 2 N–H and O–H groups in total. The van der Waals surface area contributed by atoms with Gasteiger partial charge in [0.25, 0.3) is 0 Å². The van der Waals surface area contributed by atoms with Gasteiger partial charge in [0.15, 0.2) is 0 Å². The molecule has 0 radical (unpaired) electrons. The Balaban J connectivity index is 2.17. The molecule has 0 fully saturated rings. The Morgan fingerprint density at radius 2 is 1.69 bits per heavy atom. The molecule has 2 aliphatic rings. The summed E-state index contributed by atoms with van der Waals surface area (Å²) in [5.74, 6) is -0.304. The number of carbonyl (C=O) groups excluding carboxylic acids is 1. The van der Waals surface area contributed by atoms with E-state index in [0.717, 1.165) is 25.9 Å². The molecule has 3 nitrogen and oxygen atoms in total. The number of benzene rings is 1. The smallest absolute Gasteiger partial charge is 0.248 e. The maximum absolute atomic E-state index is 11.3. The third-order valence-electron chi connectivity index (χ3n) is 3.62. The van der Waals surface area contributed by atoms with Crippen molar-refractivity contribution in [2.24, 2.45) is 5.73 Å². The van der Waals surface area contributed by atoms with E-state index in [1.54, 1.807) is 0 Å². The minimum Gasteiger partial charge on any atom is -0.371 e. The fourth-order valence-electron chi connectivity index (χ4n) is 2.95. The Bertz CT molecular complexity index is 422. The van der Waals surface area contributed by atoms with Crippen molar-refractivity contribution < 1.29 is 4.79 Å². The van der Waals surface area contributed by atoms with Gasteiger partial charge < -0.3 is 10.6 Å². The van der Waals surface area contributed by atoms with Crippen LogP contribution in [0, 0.1) is 0 Å². The van der Waals surface area contributed by atoms with Crippen LogP contribution in [0.4, 0.5) is 5.69 Å². The zero-order valence-corrected chi connectivity index (χ0v) is 9.33. The molecule has 0 saturated carbocycles. The predicted molar refractivity (Wildman–Crippen MR) is 63.8 cm³/mol. The SMILES string of the molecule is NC(=O)c1cc2c3c(c1)CCCN3CCC2. The molecule has 0 atom stereocenters. The fourth-order valence-corrected chi connectivity index (χ4v) is 2.95. The van der Waals surface area contributed by atoms with Crippen molar-refractivity contribution >= 4 is 11.6 Å². The molecule has 16 heavy (non-hydrogen) atoms. The van der Waals surface area contributed by atoms with E-state index in [-0.39, 0.29) is 5.91 Å². The number of carbonyl (C=O) groups is 1. The third-order valence-corrected chi connectivity index (χ3v) is 3.62. The maximum atomic E-state index is 11.3. The molecule has 2 heterocycles. The number of amides is 1. The van der Waals surface area contributed by atoms with Gasteiger partial charge in [0.05, 0.1) is 0 Å². The Morgan fingerprint density at radius 3 is 2.19 bits per heavy atom. The number of nitrogens with two attached hydrogens (primary N) is 1.